The number of amides is 2. The molecule has 6 N–H and O–H groups in total. The SMILES string of the molecule is COC(C(=O)O)N(C=O)n1c(N)nc(C(N)=O)c1O. The molecule has 1 aromatic heterocycles. The minimum Gasteiger partial charge on any atom is -0.492 e. The van der Waals surface area contributed by atoms with Crippen LogP contribution < -0.4 is 16.5 Å². The number of aromatic hydroxyl groups is 1. The molecule has 0 saturated heterocycles. The summed E-state index contributed by atoms with van der Waals surface area (Å²) in [5, 5.41) is 18.9. The van der Waals surface area contributed by atoms with Gasteiger partial charge in [-0.05, 0) is 0 Å². The number of nitrogens with two attached hydrogens (primary N) is 2. The second-order valence-electron chi connectivity index (χ2n) is 3.23. The van der Waals surface area contributed by atoms with E-state index in [0.29, 0.717) is 9.69 Å². The van der Waals surface area contributed by atoms with Crippen LogP contribution in [0, 0.1) is 0 Å². The lowest BCUT2D eigenvalue weighted by atomic mass is 10.4. The van der Waals surface area contributed by atoms with Gasteiger partial charge in [-0.2, -0.15) is 4.68 Å². The average molecular weight is 273 g/mol. The quantitative estimate of drug-likeness (QED) is 0.323. The maximum absolute atomic E-state index is 10.9. The molecule has 0 aliphatic carbocycles. The van der Waals surface area contributed by atoms with E-state index in [9.17, 15) is 19.5 Å². The molecule has 0 spiro atoms. The molecule has 1 heterocycles. The largest absolute Gasteiger partial charge is 0.492 e. The molecule has 11 nitrogen and oxygen atoms in total. The first-order valence-electron chi connectivity index (χ1n) is 4.71. The molecular formula is C8H11N5O6. The van der Waals surface area contributed by atoms with Gasteiger partial charge < -0.3 is 26.4 Å². The van der Waals surface area contributed by atoms with Gasteiger partial charge >= 0.3 is 5.97 Å². The minimum atomic E-state index is -1.78. The topological polar surface area (TPSA) is 174 Å². The number of hydrogen-bond donors (Lipinski definition) is 4. The van der Waals surface area contributed by atoms with Crippen LogP contribution in [0.2, 0.25) is 0 Å². The van der Waals surface area contributed by atoms with Crippen LogP contribution in [0.1, 0.15) is 10.5 Å². The molecule has 2 amide bonds. The number of nitrogens with zero attached hydrogens (tertiary/aromatic N) is 3. The number of rotatable bonds is 6. The number of primary amides is 1. The number of aromatic nitrogens is 2. The van der Waals surface area contributed by atoms with Gasteiger partial charge in [0.1, 0.15) is 0 Å². The standard InChI is InChI=1S/C8H11N5O6/c1-19-6(7(17)18)12(2-14)13-5(16)3(4(9)15)11-8(13)10/h2,6,16H,1H3,(H2,9,15)(H2,10,11)(H,17,18). The summed E-state index contributed by atoms with van der Waals surface area (Å²) >= 11 is 0. The highest BCUT2D eigenvalue weighted by Crippen LogP contribution is 2.21. The molecule has 0 fully saturated rings. The van der Waals surface area contributed by atoms with Crippen LogP contribution in [-0.4, -0.2) is 51.5 Å². The number of carboxylic acid groups (broad SMARTS) is 1. The number of carbonyl (C=O) groups is 3. The first-order chi connectivity index (χ1) is 8.84. The third-order valence-electron chi connectivity index (χ3n) is 2.10. The number of aliphatic carboxylic acids is 1. The molecule has 1 unspecified atom stereocenters. The molecule has 0 radical (unpaired) electrons. The fourth-order valence-corrected chi connectivity index (χ4v) is 1.34. The summed E-state index contributed by atoms with van der Waals surface area (Å²) in [6.07, 6.45) is -1.74. The maximum Gasteiger partial charge on any atom is 0.356 e. The lowest BCUT2D eigenvalue weighted by Gasteiger charge is -2.24. The summed E-state index contributed by atoms with van der Waals surface area (Å²) in [5.74, 6) is -4.01. The molecular weight excluding hydrogens is 262 g/mol. The summed E-state index contributed by atoms with van der Waals surface area (Å²) in [4.78, 5) is 36.2. The molecule has 19 heavy (non-hydrogen) atoms. The summed E-state index contributed by atoms with van der Waals surface area (Å²) in [6.45, 7) is 0. The van der Waals surface area contributed by atoms with Gasteiger partial charge in [-0.25, -0.2) is 14.8 Å². The Balaban J connectivity index is 3.37. The van der Waals surface area contributed by atoms with Crippen LogP contribution in [0.4, 0.5) is 5.95 Å². The van der Waals surface area contributed by atoms with E-state index in [1.807, 2.05) is 0 Å². The van der Waals surface area contributed by atoms with E-state index >= 15 is 0 Å². The van der Waals surface area contributed by atoms with E-state index in [-0.39, 0.29) is 6.41 Å². The van der Waals surface area contributed by atoms with Crippen molar-refractivity contribution >= 4 is 24.2 Å². The maximum atomic E-state index is 10.9. The first kappa shape index (κ1) is 14.2. The molecule has 0 bridgehead atoms. The molecule has 0 aromatic carbocycles. The van der Waals surface area contributed by atoms with Crippen LogP contribution >= 0.6 is 0 Å². The van der Waals surface area contributed by atoms with Crippen LogP contribution in [0.3, 0.4) is 0 Å². The second kappa shape index (κ2) is 5.22. The van der Waals surface area contributed by atoms with Crippen molar-refractivity contribution in [1.82, 2.24) is 9.66 Å². The monoisotopic (exact) mass is 273 g/mol. The van der Waals surface area contributed by atoms with Crippen molar-refractivity contribution < 1.29 is 29.3 Å². The number of carbonyl (C=O) groups excluding carboxylic acids is 2. The highest BCUT2D eigenvalue weighted by molar-refractivity contribution is 5.94. The second-order valence-corrected chi connectivity index (χ2v) is 3.23. The van der Waals surface area contributed by atoms with Crippen LogP contribution in [-0.2, 0) is 14.3 Å². The molecule has 1 atom stereocenters. The van der Waals surface area contributed by atoms with Crippen LogP contribution in [0.5, 0.6) is 5.88 Å². The van der Waals surface area contributed by atoms with E-state index in [0.717, 1.165) is 7.11 Å². The van der Waals surface area contributed by atoms with Gasteiger partial charge in [-0.3, -0.25) is 9.59 Å². The van der Waals surface area contributed by atoms with E-state index in [4.69, 9.17) is 16.6 Å². The van der Waals surface area contributed by atoms with Gasteiger partial charge in [-0.15, -0.1) is 0 Å². The number of imidazole rings is 1. The van der Waals surface area contributed by atoms with Crippen molar-refractivity contribution in [3.8, 4) is 5.88 Å². The molecule has 0 aliphatic heterocycles. The van der Waals surface area contributed by atoms with E-state index in [1.165, 1.54) is 0 Å². The van der Waals surface area contributed by atoms with Crippen LogP contribution in [0.15, 0.2) is 0 Å². The zero-order valence-corrected chi connectivity index (χ0v) is 9.68. The Labute approximate surface area is 105 Å². The smallest absolute Gasteiger partial charge is 0.356 e. The summed E-state index contributed by atoms with van der Waals surface area (Å²) < 4.78 is 5.06. The highest BCUT2D eigenvalue weighted by Gasteiger charge is 2.31. The Hall–Kier alpha value is -2.82. The summed E-state index contributed by atoms with van der Waals surface area (Å²) in [6, 6.07) is 0. The van der Waals surface area contributed by atoms with Crippen molar-refractivity contribution in [1.29, 1.82) is 0 Å². The summed E-state index contributed by atoms with van der Waals surface area (Å²) in [7, 11) is 1.02. The van der Waals surface area contributed by atoms with Gasteiger partial charge in [0.15, 0.2) is 5.69 Å². The Bertz CT molecular complexity index is 526. The molecule has 0 saturated carbocycles. The number of carboxylic acids is 1. The zero-order valence-electron chi connectivity index (χ0n) is 9.68. The molecule has 104 valence electrons. The number of nitrogen functional groups attached to an aromatic ring is 1. The third kappa shape index (κ3) is 2.40. The van der Waals surface area contributed by atoms with Crippen molar-refractivity contribution in [2.45, 2.75) is 6.23 Å². The Kier molecular flexibility index (Phi) is 3.91. The Morgan fingerprint density at radius 3 is 2.47 bits per heavy atom. The van der Waals surface area contributed by atoms with Gasteiger partial charge in [0.2, 0.25) is 24.5 Å². The van der Waals surface area contributed by atoms with Gasteiger partial charge in [-0.1, -0.05) is 0 Å². The molecule has 0 aliphatic rings. The number of ether oxygens (including phenoxy) is 1. The van der Waals surface area contributed by atoms with E-state index < -0.39 is 35.6 Å². The minimum absolute atomic E-state index is 0.0326. The van der Waals surface area contributed by atoms with Gasteiger partial charge in [0, 0.05) is 7.11 Å². The lowest BCUT2D eigenvalue weighted by Crippen LogP contribution is -2.48. The van der Waals surface area contributed by atoms with Gasteiger partial charge in [0.25, 0.3) is 5.91 Å². The van der Waals surface area contributed by atoms with Crippen molar-refractivity contribution in [2.75, 3.05) is 17.9 Å². The lowest BCUT2D eigenvalue weighted by molar-refractivity contribution is -0.150. The highest BCUT2D eigenvalue weighted by atomic mass is 16.5. The Morgan fingerprint density at radius 2 is 2.16 bits per heavy atom. The molecule has 1 aromatic rings. The van der Waals surface area contributed by atoms with E-state index in [1.54, 1.807) is 0 Å². The predicted molar refractivity (Wildman–Crippen MR) is 59.5 cm³/mol. The number of anilines is 1. The predicted octanol–water partition coefficient (Wildman–Crippen LogP) is -2.58. The fraction of sp³-hybridized carbons (Fsp3) is 0.250. The van der Waals surface area contributed by atoms with Crippen molar-refractivity contribution in [2.24, 2.45) is 5.73 Å². The van der Waals surface area contributed by atoms with Gasteiger partial charge in [0.05, 0.1) is 0 Å². The van der Waals surface area contributed by atoms with Crippen LogP contribution in [0.25, 0.3) is 0 Å². The average Bonchev–Trinajstić information content (AvgIpc) is 2.62. The molecule has 1 rings (SSSR count). The van der Waals surface area contributed by atoms with Crippen molar-refractivity contribution in [3.63, 3.8) is 0 Å². The normalized spacial score (nSPS) is 11.8. The third-order valence-corrected chi connectivity index (χ3v) is 2.10. The molecule has 11 heteroatoms. The number of hydrogen-bond acceptors (Lipinski definition) is 7. The number of methoxy groups -OCH3 is 1. The van der Waals surface area contributed by atoms with Crippen molar-refractivity contribution in [3.05, 3.63) is 5.69 Å². The summed E-state index contributed by atoms with van der Waals surface area (Å²) in [5.41, 5.74) is 9.70. The van der Waals surface area contributed by atoms with E-state index in [2.05, 4.69) is 9.72 Å². The fourth-order valence-electron chi connectivity index (χ4n) is 1.34. The first-order valence-corrected chi connectivity index (χ1v) is 4.71. The zero-order chi connectivity index (χ0) is 14.7. The Morgan fingerprint density at radius 1 is 1.58 bits per heavy atom.